The van der Waals surface area contributed by atoms with E-state index < -0.39 is 0 Å². The Bertz CT molecular complexity index is 190. The van der Waals surface area contributed by atoms with E-state index in [0.29, 0.717) is 5.70 Å². The molecule has 0 spiro atoms. The molecule has 0 rings (SSSR count). The van der Waals surface area contributed by atoms with Crippen molar-refractivity contribution >= 4 is 0 Å². The molecule has 0 amide bonds. The first-order chi connectivity index (χ1) is 5.85. The van der Waals surface area contributed by atoms with Crippen LogP contribution in [-0.4, -0.2) is 0 Å². The molecule has 0 heterocycles. The minimum Gasteiger partial charge on any atom is -0.145 e. The number of hydrogen-bond acceptors (Lipinski definition) is 2. The molecule has 0 aromatic rings. The summed E-state index contributed by atoms with van der Waals surface area (Å²) >= 11 is 0. The van der Waals surface area contributed by atoms with E-state index in [1.807, 2.05) is 13.8 Å². The largest absolute Gasteiger partial charge is 0.145 e. The molecule has 0 atom stereocenters. The second kappa shape index (κ2) is 12.3. The van der Waals surface area contributed by atoms with Crippen molar-refractivity contribution < 1.29 is 0 Å². The topological polar surface area (TPSA) is 29.4 Å². The lowest BCUT2D eigenvalue weighted by atomic mass is 10.3. The van der Waals surface area contributed by atoms with Crippen LogP contribution < -0.4 is 0 Å². The van der Waals surface area contributed by atoms with Gasteiger partial charge in [0.05, 0.1) is 0 Å². The zero-order chi connectivity index (χ0) is 9.82. The first kappa shape index (κ1) is 13.2. The van der Waals surface area contributed by atoms with Gasteiger partial charge in [-0.1, -0.05) is 45.2 Å². The van der Waals surface area contributed by atoms with Gasteiger partial charge in [-0.2, -0.15) is 0 Å². The lowest BCUT2D eigenvalue weighted by Crippen LogP contribution is -1.65. The summed E-state index contributed by atoms with van der Waals surface area (Å²) < 4.78 is 0. The van der Waals surface area contributed by atoms with Gasteiger partial charge in [0.25, 0.3) is 0 Å². The number of rotatable bonds is 4. The third-order valence-corrected chi connectivity index (χ3v) is 0.797. The summed E-state index contributed by atoms with van der Waals surface area (Å²) in [5.41, 5.74) is 0.343. The highest BCUT2D eigenvalue weighted by Gasteiger charge is 1.83. The van der Waals surface area contributed by atoms with Gasteiger partial charge in [-0.05, 0) is 17.3 Å². The Morgan fingerprint density at radius 3 is 2.17 bits per heavy atom. The summed E-state index contributed by atoms with van der Waals surface area (Å²) in [6, 6.07) is 0. The maximum absolute atomic E-state index is 9.95. The highest BCUT2D eigenvalue weighted by Crippen LogP contribution is 1.97. The molecule has 2 heteroatoms. The summed E-state index contributed by atoms with van der Waals surface area (Å²) in [4.78, 5) is 9.95. The van der Waals surface area contributed by atoms with Crippen molar-refractivity contribution in [2.24, 2.45) is 5.18 Å². The number of hydrogen-bond donors (Lipinski definition) is 0. The van der Waals surface area contributed by atoms with Crippen LogP contribution in [-0.2, 0) is 0 Å². The van der Waals surface area contributed by atoms with E-state index in [9.17, 15) is 4.91 Å². The molecule has 0 aliphatic carbocycles. The highest BCUT2D eigenvalue weighted by molar-refractivity contribution is 5.23. The van der Waals surface area contributed by atoms with Crippen LogP contribution in [0.4, 0.5) is 0 Å². The van der Waals surface area contributed by atoms with Crippen molar-refractivity contribution in [1.82, 2.24) is 0 Å². The molecule has 0 radical (unpaired) electrons. The average molecular weight is 165 g/mol. The first-order valence-electron chi connectivity index (χ1n) is 3.80. The molecule has 0 bridgehead atoms. The molecule has 0 aromatic heterocycles. The van der Waals surface area contributed by atoms with E-state index in [1.165, 1.54) is 12.2 Å². The Hall–Kier alpha value is -1.44. The van der Waals surface area contributed by atoms with Crippen molar-refractivity contribution in [2.75, 3.05) is 0 Å². The van der Waals surface area contributed by atoms with Gasteiger partial charge in [-0.15, -0.1) is 4.91 Å². The number of allylic oxidation sites excluding steroid dienone is 5. The van der Waals surface area contributed by atoms with Crippen molar-refractivity contribution in [3.63, 3.8) is 0 Å². The summed E-state index contributed by atoms with van der Waals surface area (Å²) in [5, 5.41) is 2.72. The Morgan fingerprint density at radius 2 is 1.83 bits per heavy atom. The quantitative estimate of drug-likeness (QED) is 0.462. The predicted octanol–water partition coefficient (Wildman–Crippen LogP) is 3.59. The first-order valence-corrected chi connectivity index (χ1v) is 3.80. The number of nitroso groups, excluding NO2 is 1. The summed E-state index contributed by atoms with van der Waals surface area (Å²) in [6.45, 7) is 10.9. The van der Waals surface area contributed by atoms with Gasteiger partial charge in [0, 0.05) is 0 Å². The molecule has 0 aromatic carbocycles. The van der Waals surface area contributed by atoms with E-state index in [4.69, 9.17) is 0 Å². The van der Waals surface area contributed by atoms with Crippen LogP contribution in [0.5, 0.6) is 0 Å². The molecule has 0 aliphatic heterocycles. The number of nitrogens with zero attached hydrogens (tertiary/aromatic N) is 1. The van der Waals surface area contributed by atoms with E-state index >= 15 is 0 Å². The molecule has 0 unspecified atom stereocenters. The third kappa shape index (κ3) is 8.56. The van der Waals surface area contributed by atoms with Crippen LogP contribution in [0.3, 0.4) is 0 Å². The fraction of sp³-hybridized carbons (Fsp3) is 0.200. The van der Waals surface area contributed by atoms with Crippen LogP contribution >= 0.6 is 0 Å². The second-order valence-corrected chi connectivity index (χ2v) is 1.51. The van der Waals surface area contributed by atoms with Crippen molar-refractivity contribution in [2.45, 2.75) is 13.8 Å². The molecule has 66 valence electrons. The monoisotopic (exact) mass is 165 g/mol. The molecule has 12 heavy (non-hydrogen) atoms. The standard InChI is InChI=1S/C8H9NO.C2H6/c1-3-5-7-8(9-10)6-4-2;1-2/h3-7H,1-2H2;1-2H3/b7-5-,8-6+;. The van der Waals surface area contributed by atoms with Crippen LogP contribution in [0.15, 0.2) is 54.4 Å². The van der Waals surface area contributed by atoms with Gasteiger partial charge < -0.3 is 0 Å². The van der Waals surface area contributed by atoms with E-state index in [0.717, 1.165) is 0 Å². The molecule has 0 N–H and O–H groups in total. The lowest BCUT2D eigenvalue weighted by molar-refractivity contribution is 1.39. The summed E-state index contributed by atoms with van der Waals surface area (Å²) in [7, 11) is 0. The Balaban J connectivity index is 0. The zero-order valence-electron chi connectivity index (χ0n) is 7.66. The highest BCUT2D eigenvalue weighted by atomic mass is 16.3. The van der Waals surface area contributed by atoms with Gasteiger partial charge in [-0.25, -0.2) is 0 Å². The van der Waals surface area contributed by atoms with Gasteiger partial charge in [0.2, 0.25) is 0 Å². The Kier molecular flexibility index (Phi) is 13.5. The Morgan fingerprint density at radius 1 is 1.25 bits per heavy atom. The molecular formula is C10H15NO. The van der Waals surface area contributed by atoms with E-state index in [2.05, 4.69) is 18.3 Å². The zero-order valence-corrected chi connectivity index (χ0v) is 7.66. The van der Waals surface area contributed by atoms with Gasteiger partial charge >= 0.3 is 0 Å². The van der Waals surface area contributed by atoms with E-state index in [1.54, 1.807) is 18.2 Å². The normalized spacial score (nSPS) is 10.0. The van der Waals surface area contributed by atoms with Crippen LogP contribution in [0.2, 0.25) is 0 Å². The SMILES string of the molecule is C=C/C=C\C(=C/C=C)N=O.CC. The minimum atomic E-state index is 0.343. The van der Waals surface area contributed by atoms with Gasteiger partial charge in [-0.3, -0.25) is 0 Å². The molecule has 0 fully saturated rings. The van der Waals surface area contributed by atoms with Crippen LogP contribution in [0.1, 0.15) is 13.8 Å². The van der Waals surface area contributed by atoms with Gasteiger partial charge in [0.1, 0.15) is 5.70 Å². The lowest BCUT2D eigenvalue weighted by Gasteiger charge is -1.80. The predicted molar refractivity (Wildman–Crippen MR) is 54.8 cm³/mol. The second-order valence-electron chi connectivity index (χ2n) is 1.51. The minimum absolute atomic E-state index is 0.343. The smallest absolute Gasteiger partial charge is 0.107 e. The van der Waals surface area contributed by atoms with Crippen molar-refractivity contribution in [1.29, 1.82) is 0 Å². The molecule has 0 saturated heterocycles. The van der Waals surface area contributed by atoms with E-state index in [-0.39, 0.29) is 0 Å². The van der Waals surface area contributed by atoms with Crippen LogP contribution in [0, 0.1) is 4.91 Å². The Labute approximate surface area is 74.0 Å². The summed E-state index contributed by atoms with van der Waals surface area (Å²) in [5.74, 6) is 0. The maximum Gasteiger partial charge on any atom is 0.107 e. The van der Waals surface area contributed by atoms with Crippen molar-refractivity contribution in [3.8, 4) is 0 Å². The average Bonchev–Trinajstić information content (AvgIpc) is 2.15. The molecule has 0 aliphatic rings. The fourth-order valence-corrected chi connectivity index (χ4v) is 0.404. The van der Waals surface area contributed by atoms with Crippen LogP contribution in [0.25, 0.3) is 0 Å². The van der Waals surface area contributed by atoms with Crippen molar-refractivity contribution in [3.05, 3.63) is 54.1 Å². The van der Waals surface area contributed by atoms with Gasteiger partial charge in [0.15, 0.2) is 0 Å². The third-order valence-electron chi connectivity index (χ3n) is 0.797. The molecule has 2 nitrogen and oxygen atoms in total. The fourth-order valence-electron chi connectivity index (χ4n) is 0.404. The molecule has 0 saturated carbocycles. The maximum atomic E-state index is 9.95. The molecular weight excluding hydrogens is 150 g/mol. The summed E-state index contributed by atoms with van der Waals surface area (Å²) in [6.07, 6.45) is 7.79.